The van der Waals surface area contributed by atoms with Crippen molar-refractivity contribution in [2.75, 3.05) is 7.05 Å². The summed E-state index contributed by atoms with van der Waals surface area (Å²) in [5, 5.41) is 0. The topological polar surface area (TPSA) is 46.3 Å². The summed E-state index contributed by atoms with van der Waals surface area (Å²) >= 11 is 4.83. The molecule has 1 amide bonds. The van der Waals surface area contributed by atoms with Gasteiger partial charge in [-0.25, -0.2) is 4.39 Å². The first-order valence-corrected chi connectivity index (χ1v) is 5.58. The molecule has 0 radical (unpaired) electrons. The van der Waals surface area contributed by atoms with E-state index in [0.29, 0.717) is 5.56 Å². The number of aryl methyl sites for hydroxylation is 1. The van der Waals surface area contributed by atoms with E-state index in [1.165, 1.54) is 17.0 Å². The van der Waals surface area contributed by atoms with Gasteiger partial charge in [0.2, 0.25) is 0 Å². The minimum atomic E-state index is -0.435. The van der Waals surface area contributed by atoms with Crippen LogP contribution in [-0.4, -0.2) is 28.9 Å². The van der Waals surface area contributed by atoms with Gasteiger partial charge in [0.25, 0.3) is 5.91 Å². The Labute approximate surface area is 105 Å². The minimum Gasteiger partial charge on any atom is -0.392 e. The summed E-state index contributed by atoms with van der Waals surface area (Å²) in [7, 11) is 1.59. The van der Waals surface area contributed by atoms with Crippen molar-refractivity contribution < 1.29 is 9.18 Å². The average molecular weight is 254 g/mol. The number of hydrogen-bond donors (Lipinski definition) is 1. The molecule has 0 fully saturated rings. The second kappa shape index (κ2) is 5.23. The fourth-order valence-electron chi connectivity index (χ4n) is 1.38. The number of hydrogen-bond acceptors (Lipinski definition) is 2. The van der Waals surface area contributed by atoms with Gasteiger partial charge in [0.15, 0.2) is 0 Å². The van der Waals surface area contributed by atoms with Crippen LogP contribution in [0.1, 0.15) is 22.8 Å². The zero-order valence-electron chi connectivity index (χ0n) is 10.0. The molecule has 0 aromatic heterocycles. The SMILES string of the molecule is Cc1ccc(F)cc1C(=O)N(C)C(C)C(N)=S. The smallest absolute Gasteiger partial charge is 0.254 e. The van der Waals surface area contributed by atoms with E-state index in [1.807, 2.05) is 0 Å². The zero-order chi connectivity index (χ0) is 13.2. The Hall–Kier alpha value is -1.49. The Morgan fingerprint density at radius 1 is 1.53 bits per heavy atom. The van der Waals surface area contributed by atoms with E-state index in [1.54, 1.807) is 27.0 Å². The molecular formula is C12H15FN2OS. The van der Waals surface area contributed by atoms with E-state index in [2.05, 4.69) is 0 Å². The number of nitrogens with zero attached hydrogens (tertiary/aromatic N) is 1. The third-order valence-corrected chi connectivity index (χ3v) is 3.08. The maximum absolute atomic E-state index is 13.1. The quantitative estimate of drug-likeness (QED) is 0.838. The summed E-state index contributed by atoms with van der Waals surface area (Å²) in [6, 6.07) is 3.76. The third kappa shape index (κ3) is 3.00. The molecule has 0 aliphatic heterocycles. The largest absolute Gasteiger partial charge is 0.392 e. The van der Waals surface area contributed by atoms with Gasteiger partial charge < -0.3 is 10.6 Å². The maximum Gasteiger partial charge on any atom is 0.254 e. The highest BCUT2D eigenvalue weighted by molar-refractivity contribution is 7.80. The summed E-state index contributed by atoms with van der Waals surface area (Å²) in [6.45, 7) is 3.49. The highest BCUT2D eigenvalue weighted by atomic mass is 32.1. The normalized spacial score (nSPS) is 12.0. The molecule has 5 heteroatoms. The van der Waals surface area contributed by atoms with Gasteiger partial charge in [-0.1, -0.05) is 18.3 Å². The number of carbonyl (C=O) groups is 1. The van der Waals surface area contributed by atoms with Gasteiger partial charge in [-0.2, -0.15) is 0 Å². The standard InChI is InChI=1S/C12H15FN2OS/c1-7-4-5-9(13)6-10(7)12(16)15(3)8(2)11(14)17/h4-6,8H,1-3H3,(H2,14,17). The van der Waals surface area contributed by atoms with Crippen LogP contribution in [0.2, 0.25) is 0 Å². The van der Waals surface area contributed by atoms with Crippen LogP contribution in [-0.2, 0) is 0 Å². The van der Waals surface area contributed by atoms with Crippen LogP contribution in [0.25, 0.3) is 0 Å². The van der Waals surface area contributed by atoms with Crippen LogP contribution < -0.4 is 5.73 Å². The Kier molecular flexibility index (Phi) is 4.17. The van der Waals surface area contributed by atoms with Gasteiger partial charge in [-0.15, -0.1) is 0 Å². The molecule has 17 heavy (non-hydrogen) atoms. The number of thiocarbonyl (C=S) groups is 1. The fourth-order valence-corrected chi connectivity index (χ4v) is 1.54. The molecule has 0 aliphatic rings. The molecule has 1 atom stereocenters. The first-order valence-electron chi connectivity index (χ1n) is 5.17. The predicted molar refractivity (Wildman–Crippen MR) is 69.5 cm³/mol. The van der Waals surface area contributed by atoms with Crippen LogP contribution in [0, 0.1) is 12.7 Å². The molecule has 3 nitrogen and oxygen atoms in total. The van der Waals surface area contributed by atoms with Crippen LogP contribution in [0.15, 0.2) is 18.2 Å². The summed E-state index contributed by atoms with van der Waals surface area (Å²) in [5.74, 6) is -0.724. The molecule has 0 saturated carbocycles. The molecule has 0 bridgehead atoms. The highest BCUT2D eigenvalue weighted by Gasteiger charge is 2.20. The molecule has 92 valence electrons. The van der Waals surface area contributed by atoms with Gasteiger partial charge in [-0.05, 0) is 31.5 Å². The zero-order valence-corrected chi connectivity index (χ0v) is 10.8. The minimum absolute atomic E-state index is 0.231. The van der Waals surface area contributed by atoms with Crippen LogP contribution in [0.3, 0.4) is 0 Å². The average Bonchev–Trinajstić information content (AvgIpc) is 2.29. The molecule has 1 unspecified atom stereocenters. The maximum atomic E-state index is 13.1. The lowest BCUT2D eigenvalue weighted by molar-refractivity contribution is 0.0777. The van der Waals surface area contributed by atoms with Crippen molar-refractivity contribution in [3.05, 3.63) is 35.1 Å². The molecule has 1 rings (SSSR count). The van der Waals surface area contributed by atoms with Crippen LogP contribution in [0.5, 0.6) is 0 Å². The van der Waals surface area contributed by atoms with Crippen molar-refractivity contribution in [1.29, 1.82) is 0 Å². The Balaban J connectivity index is 3.04. The number of likely N-dealkylation sites (N-methyl/N-ethyl adjacent to an activating group) is 1. The number of benzene rings is 1. The monoisotopic (exact) mass is 254 g/mol. The van der Waals surface area contributed by atoms with Gasteiger partial charge in [-0.3, -0.25) is 4.79 Å². The van der Waals surface area contributed by atoms with E-state index in [9.17, 15) is 9.18 Å². The Morgan fingerprint density at radius 2 is 2.12 bits per heavy atom. The van der Waals surface area contributed by atoms with Crippen LogP contribution >= 0.6 is 12.2 Å². The van der Waals surface area contributed by atoms with E-state index in [0.717, 1.165) is 5.56 Å². The molecule has 1 aromatic carbocycles. The number of halogens is 1. The van der Waals surface area contributed by atoms with E-state index >= 15 is 0 Å². The molecular weight excluding hydrogens is 239 g/mol. The lowest BCUT2D eigenvalue weighted by atomic mass is 10.1. The predicted octanol–water partition coefficient (Wildman–Crippen LogP) is 1.88. The lowest BCUT2D eigenvalue weighted by Crippen LogP contribution is -2.43. The van der Waals surface area contributed by atoms with E-state index in [4.69, 9.17) is 18.0 Å². The van der Waals surface area contributed by atoms with Gasteiger partial charge in [0.1, 0.15) is 5.82 Å². The number of amides is 1. The van der Waals surface area contributed by atoms with Gasteiger partial charge in [0.05, 0.1) is 11.0 Å². The van der Waals surface area contributed by atoms with Gasteiger partial charge in [0, 0.05) is 12.6 Å². The highest BCUT2D eigenvalue weighted by Crippen LogP contribution is 2.13. The molecule has 0 heterocycles. The molecule has 2 N–H and O–H groups in total. The van der Waals surface area contributed by atoms with Crippen LogP contribution in [0.4, 0.5) is 4.39 Å². The molecule has 1 aromatic rings. The van der Waals surface area contributed by atoms with Crippen molar-refractivity contribution in [3.63, 3.8) is 0 Å². The van der Waals surface area contributed by atoms with Crippen molar-refractivity contribution >= 4 is 23.1 Å². The first-order chi connectivity index (χ1) is 7.84. The summed E-state index contributed by atoms with van der Waals surface area (Å²) in [6.07, 6.45) is 0. The van der Waals surface area contributed by atoms with Crippen molar-refractivity contribution in [2.45, 2.75) is 19.9 Å². The van der Waals surface area contributed by atoms with Crippen molar-refractivity contribution in [2.24, 2.45) is 5.73 Å². The summed E-state index contributed by atoms with van der Waals surface area (Å²) in [5.41, 5.74) is 6.53. The number of rotatable bonds is 3. The lowest BCUT2D eigenvalue weighted by Gasteiger charge is -2.24. The van der Waals surface area contributed by atoms with Crippen molar-refractivity contribution in [3.8, 4) is 0 Å². The molecule has 0 aliphatic carbocycles. The molecule has 0 saturated heterocycles. The molecule has 0 spiro atoms. The summed E-state index contributed by atoms with van der Waals surface area (Å²) < 4.78 is 13.1. The van der Waals surface area contributed by atoms with E-state index < -0.39 is 5.82 Å². The van der Waals surface area contributed by atoms with E-state index in [-0.39, 0.29) is 16.9 Å². The summed E-state index contributed by atoms with van der Waals surface area (Å²) in [4.78, 5) is 13.7. The second-order valence-electron chi connectivity index (χ2n) is 3.95. The Morgan fingerprint density at radius 3 is 2.65 bits per heavy atom. The third-order valence-electron chi connectivity index (χ3n) is 2.74. The Bertz CT molecular complexity index is 462. The fraction of sp³-hybridized carbons (Fsp3) is 0.333. The number of nitrogens with two attached hydrogens (primary N) is 1. The van der Waals surface area contributed by atoms with Crippen molar-refractivity contribution in [1.82, 2.24) is 4.90 Å². The van der Waals surface area contributed by atoms with Gasteiger partial charge >= 0.3 is 0 Å². The first kappa shape index (κ1) is 13.6. The second-order valence-corrected chi connectivity index (χ2v) is 4.43. The number of carbonyl (C=O) groups excluding carboxylic acids is 1.